The number of amides is 1. The Labute approximate surface area is 187 Å². The number of hydrogen-bond acceptors (Lipinski definition) is 5. The third-order valence-corrected chi connectivity index (χ3v) is 5.89. The molecule has 1 heterocycles. The van der Waals surface area contributed by atoms with E-state index >= 15 is 0 Å². The Morgan fingerprint density at radius 1 is 1.06 bits per heavy atom. The second kappa shape index (κ2) is 9.98. The number of nitrogens with zero attached hydrogens (tertiary/aromatic N) is 2. The lowest BCUT2D eigenvalue weighted by Crippen LogP contribution is -2.38. The molecule has 164 valence electrons. The van der Waals surface area contributed by atoms with Crippen molar-refractivity contribution in [1.82, 2.24) is 9.80 Å². The highest BCUT2D eigenvalue weighted by Crippen LogP contribution is 2.39. The molecule has 0 saturated carbocycles. The summed E-state index contributed by atoms with van der Waals surface area (Å²) in [5.41, 5.74) is 1.25. The molecule has 0 radical (unpaired) electrons. The summed E-state index contributed by atoms with van der Waals surface area (Å²) in [5.74, 6) is -0.869. The van der Waals surface area contributed by atoms with Crippen molar-refractivity contribution in [2.24, 2.45) is 0 Å². The van der Waals surface area contributed by atoms with Crippen molar-refractivity contribution in [2.45, 2.75) is 19.9 Å². The summed E-state index contributed by atoms with van der Waals surface area (Å²) in [6.45, 7) is 6.80. The molecule has 1 aliphatic heterocycles. The van der Waals surface area contributed by atoms with Gasteiger partial charge in [0.25, 0.3) is 11.7 Å². The molecule has 0 aliphatic carbocycles. The Hall–Kier alpha value is -2.83. The van der Waals surface area contributed by atoms with Crippen LogP contribution in [-0.4, -0.2) is 59.9 Å². The lowest BCUT2D eigenvalue weighted by Gasteiger charge is -2.28. The van der Waals surface area contributed by atoms with Crippen LogP contribution in [-0.2, 0) is 9.59 Å². The van der Waals surface area contributed by atoms with Gasteiger partial charge in [-0.05, 0) is 55.1 Å². The Bertz CT molecular complexity index is 966. The zero-order chi connectivity index (χ0) is 22.5. The highest BCUT2D eigenvalue weighted by molar-refractivity contribution is 6.46. The molecule has 1 fully saturated rings. The first-order valence-corrected chi connectivity index (χ1v) is 10.7. The van der Waals surface area contributed by atoms with Gasteiger partial charge in [-0.1, -0.05) is 37.6 Å². The van der Waals surface area contributed by atoms with Crippen LogP contribution in [0, 0.1) is 0 Å². The van der Waals surface area contributed by atoms with E-state index in [0.29, 0.717) is 29.4 Å². The first-order chi connectivity index (χ1) is 14.9. The van der Waals surface area contributed by atoms with Gasteiger partial charge in [0.15, 0.2) is 0 Å². The summed E-state index contributed by atoms with van der Waals surface area (Å²) in [7, 11) is 1.55. The molecule has 1 amide bonds. The van der Waals surface area contributed by atoms with E-state index < -0.39 is 17.7 Å². The Balaban J connectivity index is 2.07. The number of benzene rings is 2. The van der Waals surface area contributed by atoms with E-state index in [1.54, 1.807) is 60.5 Å². The average molecular weight is 443 g/mol. The largest absolute Gasteiger partial charge is 0.507 e. The van der Waals surface area contributed by atoms with Crippen molar-refractivity contribution >= 4 is 29.1 Å². The number of halogens is 1. The number of rotatable bonds is 8. The van der Waals surface area contributed by atoms with Gasteiger partial charge in [-0.3, -0.25) is 9.59 Å². The number of hydrogen-bond donors (Lipinski definition) is 1. The minimum absolute atomic E-state index is 0.0806. The smallest absolute Gasteiger partial charge is 0.295 e. The van der Waals surface area contributed by atoms with Crippen molar-refractivity contribution in [2.75, 3.05) is 33.3 Å². The summed E-state index contributed by atoms with van der Waals surface area (Å²) in [4.78, 5) is 29.7. The van der Waals surface area contributed by atoms with E-state index in [9.17, 15) is 14.7 Å². The highest BCUT2D eigenvalue weighted by Gasteiger charge is 2.45. The number of likely N-dealkylation sites (tertiary alicyclic amines) is 1. The topological polar surface area (TPSA) is 70.1 Å². The van der Waals surface area contributed by atoms with Crippen molar-refractivity contribution in [1.29, 1.82) is 0 Å². The number of carbonyl (C=O) groups is 2. The lowest BCUT2D eigenvalue weighted by molar-refractivity contribution is -0.140. The van der Waals surface area contributed by atoms with Gasteiger partial charge in [0.05, 0.1) is 18.7 Å². The minimum Gasteiger partial charge on any atom is -0.507 e. The number of Topliss-reactive ketones (excluding diaryl/α,β-unsaturated/α-hetero) is 1. The third kappa shape index (κ3) is 4.75. The van der Waals surface area contributed by atoms with Gasteiger partial charge >= 0.3 is 0 Å². The zero-order valence-corrected chi connectivity index (χ0v) is 18.7. The Kier molecular flexibility index (Phi) is 7.36. The fraction of sp³-hybridized carbons (Fsp3) is 0.333. The molecule has 1 saturated heterocycles. The number of methoxy groups -OCH3 is 1. The van der Waals surface area contributed by atoms with Gasteiger partial charge in [-0.25, -0.2) is 0 Å². The Morgan fingerprint density at radius 3 is 2.23 bits per heavy atom. The van der Waals surface area contributed by atoms with E-state index in [1.165, 1.54) is 0 Å². The molecule has 31 heavy (non-hydrogen) atoms. The second-order valence-corrected chi connectivity index (χ2v) is 7.74. The molecule has 0 unspecified atom stereocenters. The van der Waals surface area contributed by atoms with Gasteiger partial charge < -0.3 is 19.6 Å². The first kappa shape index (κ1) is 22.8. The molecule has 0 spiro atoms. The van der Waals surface area contributed by atoms with Crippen LogP contribution in [0.1, 0.15) is 31.0 Å². The summed E-state index contributed by atoms with van der Waals surface area (Å²) >= 11 is 6.05. The van der Waals surface area contributed by atoms with Gasteiger partial charge in [0, 0.05) is 23.7 Å². The van der Waals surface area contributed by atoms with Crippen molar-refractivity contribution in [3.63, 3.8) is 0 Å². The number of carbonyl (C=O) groups excluding carboxylic acids is 2. The van der Waals surface area contributed by atoms with Crippen LogP contribution in [0.3, 0.4) is 0 Å². The van der Waals surface area contributed by atoms with Crippen LogP contribution in [0.2, 0.25) is 5.02 Å². The standard InChI is InChI=1S/C24H27ClN2O4/c1-4-26(5-2)14-15-27-21(16-6-10-18(25)11-7-16)20(23(29)24(27)30)22(28)17-8-12-19(31-3)13-9-17/h6-13,21,28H,4-5,14-15H2,1-3H3/t21-/m1/s1. The summed E-state index contributed by atoms with van der Waals surface area (Å²) < 4.78 is 5.16. The molecular weight excluding hydrogens is 416 g/mol. The molecule has 1 aliphatic rings. The SMILES string of the molecule is CCN(CC)CCN1C(=O)C(=O)C(=C(O)c2ccc(OC)cc2)[C@H]1c1ccc(Cl)cc1. The summed E-state index contributed by atoms with van der Waals surface area (Å²) in [6.07, 6.45) is 0. The van der Waals surface area contributed by atoms with Gasteiger partial charge in [-0.15, -0.1) is 0 Å². The number of ether oxygens (including phenoxy) is 1. The van der Waals surface area contributed by atoms with Gasteiger partial charge in [0.2, 0.25) is 0 Å². The predicted octanol–water partition coefficient (Wildman–Crippen LogP) is 4.11. The van der Waals surface area contributed by atoms with E-state index in [-0.39, 0.29) is 11.3 Å². The molecule has 1 N–H and O–H groups in total. The normalized spacial score (nSPS) is 18.1. The molecule has 2 aromatic carbocycles. The highest BCUT2D eigenvalue weighted by atomic mass is 35.5. The molecule has 3 rings (SSSR count). The number of aliphatic hydroxyl groups excluding tert-OH is 1. The molecule has 1 atom stereocenters. The maximum atomic E-state index is 13.0. The fourth-order valence-corrected chi connectivity index (χ4v) is 3.92. The van der Waals surface area contributed by atoms with E-state index in [0.717, 1.165) is 18.7 Å². The maximum absolute atomic E-state index is 13.0. The fourth-order valence-electron chi connectivity index (χ4n) is 3.80. The lowest BCUT2D eigenvalue weighted by atomic mass is 9.95. The molecule has 6 nitrogen and oxygen atoms in total. The van der Waals surface area contributed by atoms with E-state index in [1.807, 2.05) is 0 Å². The van der Waals surface area contributed by atoms with Crippen LogP contribution in [0.4, 0.5) is 0 Å². The zero-order valence-electron chi connectivity index (χ0n) is 18.0. The third-order valence-electron chi connectivity index (χ3n) is 5.64. The van der Waals surface area contributed by atoms with Crippen LogP contribution in [0.5, 0.6) is 5.75 Å². The van der Waals surface area contributed by atoms with Crippen molar-refractivity contribution < 1.29 is 19.4 Å². The van der Waals surface area contributed by atoms with Crippen LogP contribution in [0.15, 0.2) is 54.1 Å². The summed E-state index contributed by atoms with van der Waals surface area (Å²) in [5, 5.41) is 11.6. The quantitative estimate of drug-likeness (QED) is 0.378. The Morgan fingerprint density at radius 2 is 1.68 bits per heavy atom. The molecule has 0 aromatic heterocycles. The molecule has 0 bridgehead atoms. The van der Waals surface area contributed by atoms with Crippen LogP contribution >= 0.6 is 11.6 Å². The van der Waals surface area contributed by atoms with Gasteiger partial charge in [-0.2, -0.15) is 0 Å². The second-order valence-electron chi connectivity index (χ2n) is 7.30. The van der Waals surface area contributed by atoms with Crippen molar-refractivity contribution in [3.8, 4) is 5.75 Å². The number of likely N-dealkylation sites (N-methyl/N-ethyl adjacent to an activating group) is 1. The monoisotopic (exact) mass is 442 g/mol. The molecule has 2 aromatic rings. The summed E-state index contributed by atoms with van der Waals surface area (Å²) in [6, 6.07) is 13.0. The van der Waals surface area contributed by atoms with Crippen LogP contribution < -0.4 is 4.74 Å². The van der Waals surface area contributed by atoms with Crippen molar-refractivity contribution in [3.05, 3.63) is 70.3 Å². The number of ketones is 1. The van der Waals surface area contributed by atoms with E-state index in [2.05, 4.69) is 18.7 Å². The van der Waals surface area contributed by atoms with Gasteiger partial charge in [0.1, 0.15) is 11.5 Å². The predicted molar refractivity (Wildman–Crippen MR) is 121 cm³/mol. The minimum atomic E-state index is -0.687. The van der Waals surface area contributed by atoms with E-state index in [4.69, 9.17) is 16.3 Å². The van der Waals surface area contributed by atoms with Crippen LogP contribution in [0.25, 0.3) is 5.76 Å². The number of aliphatic hydroxyl groups is 1. The molecular formula is C24H27ClN2O4. The first-order valence-electron chi connectivity index (χ1n) is 10.3. The maximum Gasteiger partial charge on any atom is 0.295 e. The molecule has 7 heteroatoms. The average Bonchev–Trinajstić information content (AvgIpc) is 3.05.